The summed E-state index contributed by atoms with van der Waals surface area (Å²) in [5, 5.41) is 4.89. The Hall–Kier alpha value is -7.54. The molecule has 4 heterocycles. The van der Waals surface area contributed by atoms with Gasteiger partial charge in [0.1, 0.15) is 5.84 Å². The van der Waals surface area contributed by atoms with Crippen LogP contribution in [0.5, 0.6) is 0 Å². The molecule has 0 N–H and O–H groups in total. The Kier molecular flexibility index (Phi) is 13.5. The lowest BCUT2D eigenvalue weighted by molar-refractivity contribution is 0.170. The molecule has 2 aromatic heterocycles. The van der Waals surface area contributed by atoms with E-state index in [2.05, 4.69) is 224 Å². The Balaban J connectivity index is 0.00000278. The first-order chi connectivity index (χ1) is 33.0. The molecule has 5 aromatic carbocycles. The van der Waals surface area contributed by atoms with E-state index >= 15 is 0 Å². The van der Waals surface area contributed by atoms with E-state index in [0.717, 1.165) is 46.8 Å². The molecular formula is C61H57N5S. The molecule has 2 bridgehead atoms. The Morgan fingerprint density at radius 1 is 0.791 bits per heavy atom. The Labute approximate surface area is 399 Å². The third-order valence-electron chi connectivity index (χ3n) is 12.4. The topological polar surface area (TPSA) is 36.1 Å². The molecule has 1 unspecified atom stereocenters. The number of rotatable bonds is 11. The zero-order valence-electron chi connectivity index (χ0n) is 39.1. The lowest BCUT2D eigenvalue weighted by Gasteiger charge is -2.41. The Morgan fingerprint density at radius 2 is 1.52 bits per heavy atom. The summed E-state index contributed by atoms with van der Waals surface area (Å²) in [4.78, 5) is 17.0. The fraction of sp³-hybridized carbons (Fsp3) is 0.148. The van der Waals surface area contributed by atoms with Crippen LogP contribution in [0.3, 0.4) is 0 Å². The van der Waals surface area contributed by atoms with Crippen molar-refractivity contribution in [3.63, 3.8) is 0 Å². The van der Waals surface area contributed by atoms with Crippen molar-refractivity contribution in [3.05, 3.63) is 249 Å². The number of nitrogens with zero attached hydrogens (tertiary/aromatic N) is 5. The molecular weight excluding hydrogens is 835 g/mol. The van der Waals surface area contributed by atoms with Crippen molar-refractivity contribution < 1.29 is 0 Å². The Bertz CT molecular complexity index is 3330. The van der Waals surface area contributed by atoms with Gasteiger partial charge in [-0.25, -0.2) is 9.98 Å². The first kappa shape index (κ1) is 44.7. The molecule has 7 aromatic rings. The minimum absolute atomic E-state index is 0.425. The molecule has 1 aliphatic carbocycles. The van der Waals surface area contributed by atoms with Gasteiger partial charge in [0.05, 0.1) is 10.9 Å². The minimum Gasteiger partial charge on any atom is -0.328 e. The third-order valence-corrected chi connectivity index (χ3v) is 13.6. The molecule has 6 heteroatoms. The van der Waals surface area contributed by atoms with Gasteiger partial charge in [-0.1, -0.05) is 172 Å². The van der Waals surface area contributed by atoms with Crippen LogP contribution in [-0.4, -0.2) is 45.9 Å². The van der Waals surface area contributed by atoms with Crippen LogP contribution in [0.1, 0.15) is 61.2 Å². The standard InChI is InChI=1S/C59H51N5S.C2H6/c1-5-21-52-50(7-3)44-32-34-54-56(51-30-19-20-31-53(51)64(54)48(6-2)29-18-17-24-41-22-11-8-12-23-41)47(37-44)40-63(52)59-61-57(43-27-15-10-16-28-43)60-58(62(59)4)45-33-35-55-46(38-45)39-49(65-55)36-42-25-13-9-14-26-42;1-2/h5-35,38-39,59H,3,36-37,40H2,1-2,4H3;1-2H3/b21-5-,24-17+,29-18-,48-6+;. The van der Waals surface area contributed by atoms with Gasteiger partial charge in [0.25, 0.3) is 0 Å². The summed E-state index contributed by atoms with van der Waals surface area (Å²) in [6, 6.07) is 49.5. The third kappa shape index (κ3) is 9.05. The van der Waals surface area contributed by atoms with Gasteiger partial charge in [-0.05, 0) is 96.5 Å². The number of allylic oxidation sites excluding steroid dienone is 11. The number of thiophene rings is 1. The summed E-state index contributed by atoms with van der Waals surface area (Å²) < 4.78 is 3.69. The molecule has 332 valence electrons. The van der Waals surface area contributed by atoms with Crippen molar-refractivity contribution in [3.8, 4) is 0 Å². The average Bonchev–Trinajstić information content (AvgIpc) is 3.82. The maximum Gasteiger partial charge on any atom is 0.202 e. The number of benzene rings is 5. The molecule has 0 fully saturated rings. The van der Waals surface area contributed by atoms with E-state index in [1.54, 1.807) is 0 Å². The van der Waals surface area contributed by atoms with Crippen LogP contribution in [-0.2, 0) is 6.42 Å². The smallest absolute Gasteiger partial charge is 0.202 e. The molecule has 0 saturated carbocycles. The number of fused-ring (bicyclic) bond motifs is 6. The molecule has 0 spiro atoms. The number of amidine groups is 2. The van der Waals surface area contributed by atoms with Crippen LogP contribution in [0.2, 0.25) is 0 Å². The van der Waals surface area contributed by atoms with Gasteiger partial charge in [-0.3, -0.25) is 0 Å². The predicted molar refractivity (Wildman–Crippen MR) is 289 cm³/mol. The van der Waals surface area contributed by atoms with E-state index in [1.165, 1.54) is 58.7 Å². The monoisotopic (exact) mass is 891 g/mol. The van der Waals surface area contributed by atoms with Crippen LogP contribution in [0.15, 0.2) is 222 Å². The zero-order chi connectivity index (χ0) is 46.3. The van der Waals surface area contributed by atoms with E-state index in [4.69, 9.17) is 9.98 Å². The van der Waals surface area contributed by atoms with Crippen LogP contribution in [0.25, 0.3) is 44.4 Å². The zero-order valence-corrected chi connectivity index (χ0v) is 39.9. The normalized spacial score (nSPS) is 16.4. The van der Waals surface area contributed by atoms with Crippen LogP contribution in [0.4, 0.5) is 0 Å². The maximum absolute atomic E-state index is 5.57. The molecule has 2 aliphatic heterocycles. The number of para-hydroxylation sites is 1. The Morgan fingerprint density at radius 3 is 2.27 bits per heavy atom. The van der Waals surface area contributed by atoms with Gasteiger partial charge in [0, 0.05) is 68.3 Å². The van der Waals surface area contributed by atoms with Crippen LogP contribution < -0.4 is 10.6 Å². The highest BCUT2D eigenvalue weighted by molar-refractivity contribution is 7.19. The fourth-order valence-electron chi connectivity index (χ4n) is 9.43. The van der Waals surface area contributed by atoms with Gasteiger partial charge in [-0.15, -0.1) is 11.3 Å². The first-order valence-electron chi connectivity index (χ1n) is 23.4. The van der Waals surface area contributed by atoms with E-state index in [0.29, 0.717) is 12.4 Å². The van der Waals surface area contributed by atoms with Crippen LogP contribution >= 0.6 is 11.3 Å². The van der Waals surface area contributed by atoms with Gasteiger partial charge >= 0.3 is 0 Å². The van der Waals surface area contributed by atoms with E-state index in [-0.39, 0.29) is 0 Å². The lowest BCUT2D eigenvalue weighted by Crippen LogP contribution is -2.51. The lowest BCUT2D eigenvalue weighted by atomic mass is 9.97. The average molecular weight is 892 g/mol. The number of aliphatic imine (C=N–C) groups is 2. The minimum atomic E-state index is -0.425. The van der Waals surface area contributed by atoms with Crippen molar-refractivity contribution in [2.75, 3.05) is 13.6 Å². The van der Waals surface area contributed by atoms with Crippen molar-refractivity contribution in [2.45, 2.75) is 46.8 Å². The van der Waals surface area contributed by atoms with Crippen molar-refractivity contribution in [1.29, 1.82) is 0 Å². The summed E-state index contributed by atoms with van der Waals surface area (Å²) in [5.41, 5.74) is 11.6. The predicted octanol–water partition coefficient (Wildman–Crippen LogP) is 13.3. The molecule has 3 aliphatic rings. The summed E-state index contributed by atoms with van der Waals surface area (Å²) in [6.07, 6.45) is 23.1. The number of hydrogen-bond acceptors (Lipinski definition) is 5. The van der Waals surface area contributed by atoms with Gasteiger partial charge in [0.2, 0.25) is 6.29 Å². The van der Waals surface area contributed by atoms with Gasteiger partial charge in [0.15, 0.2) is 5.84 Å². The number of aromatic nitrogens is 1. The molecule has 0 amide bonds. The molecule has 10 rings (SSSR count). The summed E-state index contributed by atoms with van der Waals surface area (Å²) >= 11 is 1.86. The highest BCUT2D eigenvalue weighted by Gasteiger charge is 2.35. The summed E-state index contributed by atoms with van der Waals surface area (Å²) in [6.45, 7) is 13.3. The first-order valence-corrected chi connectivity index (χ1v) is 24.2. The largest absolute Gasteiger partial charge is 0.328 e. The summed E-state index contributed by atoms with van der Waals surface area (Å²) in [5.74, 6) is 1.59. The second-order valence-corrected chi connectivity index (χ2v) is 17.7. The number of hydrogen-bond donors (Lipinski definition) is 0. The highest BCUT2D eigenvalue weighted by atomic mass is 32.1. The fourth-order valence-corrected chi connectivity index (χ4v) is 10.5. The molecule has 67 heavy (non-hydrogen) atoms. The highest BCUT2D eigenvalue weighted by Crippen LogP contribution is 2.36. The maximum atomic E-state index is 5.57. The molecule has 0 radical (unpaired) electrons. The molecule has 1 atom stereocenters. The van der Waals surface area contributed by atoms with Gasteiger partial charge in [-0.2, -0.15) is 0 Å². The van der Waals surface area contributed by atoms with E-state index in [1.807, 2.05) is 43.4 Å². The van der Waals surface area contributed by atoms with E-state index in [9.17, 15) is 0 Å². The SMILES string of the molecule is C=CC1=C(/C=C\C)N(C2N=C(c3ccccc3)N=C(c3ccc4sc(Cc5ccccc5)cc4c3)N2C)CC2=c3c(n(C(/C=C\C=C\c4ccccc4)=C/C)c4ccccc34)=CC=C1C2.CC. The second-order valence-electron chi connectivity index (χ2n) is 16.6. The van der Waals surface area contributed by atoms with Crippen LogP contribution in [0, 0.1) is 0 Å². The summed E-state index contributed by atoms with van der Waals surface area (Å²) in [7, 11) is 2.14. The molecule has 0 saturated heterocycles. The van der Waals surface area contributed by atoms with Gasteiger partial charge < -0.3 is 14.4 Å². The van der Waals surface area contributed by atoms with Crippen molar-refractivity contribution >= 4 is 67.4 Å². The van der Waals surface area contributed by atoms with Crippen molar-refractivity contribution in [2.24, 2.45) is 9.98 Å². The quantitative estimate of drug-likeness (QED) is 0.121. The van der Waals surface area contributed by atoms with Crippen molar-refractivity contribution in [1.82, 2.24) is 14.4 Å². The molecule has 5 nitrogen and oxygen atoms in total. The second kappa shape index (κ2) is 20.3. The van der Waals surface area contributed by atoms with E-state index < -0.39 is 6.29 Å².